The van der Waals surface area contributed by atoms with E-state index in [1.165, 1.54) is 13.0 Å². The van der Waals surface area contributed by atoms with Crippen LogP contribution in [0.5, 0.6) is 0 Å². The van der Waals surface area contributed by atoms with E-state index in [-0.39, 0.29) is 10.7 Å². The van der Waals surface area contributed by atoms with E-state index >= 15 is 0 Å². The smallest absolute Gasteiger partial charge is 0.325 e. The molecule has 1 aromatic rings. The van der Waals surface area contributed by atoms with Gasteiger partial charge in [0.05, 0.1) is 23.5 Å². The normalized spacial score (nSPS) is 12.8. The number of anilines is 2. The van der Waals surface area contributed by atoms with Crippen molar-refractivity contribution in [3.05, 3.63) is 22.7 Å². The number of methoxy groups -OCH3 is 1. The van der Waals surface area contributed by atoms with E-state index in [4.69, 9.17) is 17.3 Å². The van der Waals surface area contributed by atoms with Gasteiger partial charge in [-0.1, -0.05) is 11.6 Å². The van der Waals surface area contributed by atoms with Crippen LogP contribution < -0.4 is 10.5 Å². The number of nitrogens with two attached hydrogens (primary N) is 1. The van der Waals surface area contributed by atoms with Crippen LogP contribution >= 0.6 is 11.6 Å². The molecule has 3 N–H and O–H groups in total. The highest BCUT2D eigenvalue weighted by atomic mass is 35.5. The maximum atomic E-state index is 12.0. The van der Waals surface area contributed by atoms with Crippen LogP contribution in [-0.4, -0.2) is 26.7 Å². The lowest BCUT2D eigenvalue weighted by Crippen LogP contribution is -2.33. The number of benzene rings is 1. The molecule has 0 aliphatic rings. The lowest BCUT2D eigenvalue weighted by Gasteiger charge is -2.15. The van der Waals surface area contributed by atoms with Crippen molar-refractivity contribution in [1.82, 2.24) is 0 Å². The van der Waals surface area contributed by atoms with E-state index in [9.17, 15) is 13.2 Å². The lowest BCUT2D eigenvalue weighted by molar-refractivity contribution is -0.139. The van der Waals surface area contributed by atoms with Crippen LogP contribution in [0.4, 0.5) is 11.4 Å². The van der Waals surface area contributed by atoms with E-state index in [0.29, 0.717) is 11.3 Å². The second-order valence-electron chi connectivity index (χ2n) is 4.00. The molecule has 1 rings (SSSR count). The van der Waals surface area contributed by atoms with Gasteiger partial charge in [-0.3, -0.25) is 9.52 Å². The lowest BCUT2D eigenvalue weighted by atomic mass is 10.2. The summed E-state index contributed by atoms with van der Waals surface area (Å²) in [7, 11) is -2.78. The fourth-order valence-corrected chi connectivity index (χ4v) is 2.56. The number of aryl methyl sites for hydroxylation is 1. The first-order valence-corrected chi connectivity index (χ1v) is 7.26. The number of nitrogens with one attached hydrogen (secondary N) is 1. The number of sulfonamides is 1. The maximum Gasteiger partial charge on any atom is 0.325 e. The number of carbonyl (C=O) groups excluding carboxylic acids is 1. The van der Waals surface area contributed by atoms with Gasteiger partial charge in [0.2, 0.25) is 10.0 Å². The number of nitrogen functional groups attached to an aromatic ring is 1. The first-order valence-electron chi connectivity index (χ1n) is 5.34. The summed E-state index contributed by atoms with van der Waals surface area (Å²) in [5, 5.41) is -1.10. The monoisotopic (exact) mass is 306 g/mol. The molecule has 0 heterocycles. The molecule has 0 spiro atoms. The molecule has 6 nitrogen and oxygen atoms in total. The van der Waals surface area contributed by atoms with Crippen molar-refractivity contribution >= 4 is 39.0 Å². The minimum Gasteiger partial charge on any atom is -0.468 e. The Morgan fingerprint density at radius 3 is 2.58 bits per heavy atom. The summed E-state index contributed by atoms with van der Waals surface area (Å²) in [5.74, 6) is -0.841. The zero-order valence-electron chi connectivity index (χ0n) is 10.7. The van der Waals surface area contributed by atoms with Crippen LogP contribution in [-0.2, 0) is 19.6 Å². The summed E-state index contributed by atoms with van der Waals surface area (Å²) in [4.78, 5) is 11.3. The van der Waals surface area contributed by atoms with Crippen molar-refractivity contribution in [3.8, 4) is 0 Å². The van der Waals surface area contributed by atoms with Crippen molar-refractivity contribution in [1.29, 1.82) is 0 Å². The Hall–Kier alpha value is -1.47. The average molecular weight is 307 g/mol. The molecular weight excluding hydrogens is 292 g/mol. The van der Waals surface area contributed by atoms with Gasteiger partial charge in [0.1, 0.15) is 0 Å². The van der Waals surface area contributed by atoms with E-state index in [1.807, 2.05) is 0 Å². The van der Waals surface area contributed by atoms with Crippen molar-refractivity contribution in [3.63, 3.8) is 0 Å². The predicted octanol–water partition coefficient (Wildman–Crippen LogP) is 1.53. The molecule has 0 bridgehead atoms. The van der Waals surface area contributed by atoms with Gasteiger partial charge in [0.15, 0.2) is 5.25 Å². The van der Waals surface area contributed by atoms with E-state index in [1.54, 1.807) is 13.0 Å². The number of carbonyl (C=O) groups is 1. The summed E-state index contributed by atoms with van der Waals surface area (Å²) in [6, 6.07) is 2.94. The zero-order chi connectivity index (χ0) is 14.8. The second-order valence-corrected chi connectivity index (χ2v) is 6.41. The van der Waals surface area contributed by atoms with Gasteiger partial charge in [0, 0.05) is 0 Å². The highest BCUT2D eigenvalue weighted by Crippen LogP contribution is 2.27. The van der Waals surface area contributed by atoms with Gasteiger partial charge in [-0.15, -0.1) is 0 Å². The topological polar surface area (TPSA) is 98.5 Å². The van der Waals surface area contributed by atoms with Crippen molar-refractivity contribution < 1.29 is 17.9 Å². The summed E-state index contributed by atoms with van der Waals surface area (Å²) in [5.41, 5.74) is 6.82. The molecule has 1 atom stereocenters. The van der Waals surface area contributed by atoms with Gasteiger partial charge < -0.3 is 10.5 Å². The molecule has 1 unspecified atom stereocenters. The minimum atomic E-state index is -3.90. The third kappa shape index (κ3) is 3.51. The molecule has 0 saturated heterocycles. The highest BCUT2D eigenvalue weighted by molar-refractivity contribution is 7.94. The SMILES string of the molecule is COC(=O)C(C)S(=O)(=O)Nc1cc(Cl)c(N)cc1C. The number of halogens is 1. The number of rotatable bonds is 4. The van der Waals surface area contributed by atoms with E-state index in [0.717, 1.165) is 7.11 Å². The standard InChI is InChI=1S/C11H15ClN2O4S/c1-6-4-9(13)8(12)5-10(6)14-19(16,17)7(2)11(15)18-3/h4-5,7,14H,13H2,1-3H3. The first-order chi connectivity index (χ1) is 8.69. The molecule has 8 heteroatoms. The first kappa shape index (κ1) is 15.6. The Bertz CT molecular complexity index is 601. The minimum absolute atomic E-state index is 0.231. The largest absolute Gasteiger partial charge is 0.468 e. The van der Waals surface area contributed by atoms with Gasteiger partial charge in [-0.2, -0.15) is 0 Å². The summed E-state index contributed by atoms with van der Waals surface area (Å²) >= 11 is 5.83. The molecular formula is C11H15ClN2O4S. The third-order valence-corrected chi connectivity index (χ3v) is 4.55. The Morgan fingerprint density at radius 1 is 1.47 bits per heavy atom. The molecule has 0 saturated carbocycles. The van der Waals surface area contributed by atoms with Crippen molar-refractivity contribution in [2.24, 2.45) is 0 Å². The van der Waals surface area contributed by atoms with Crippen LogP contribution in [0, 0.1) is 6.92 Å². The molecule has 0 aliphatic heterocycles. The quantitative estimate of drug-likeness (QED) is 0.649. The van der Waals surface area contributed by atoms with Gasteiger partial charge >= 0.3 is 5.97 Å². The van der Waals surface area contributed by atoms with Gasteiger partial charge in [-0.05, 0) is 31.5 Å². The Morgan fingerprint density at radius 2 is 2.05 bits per heavy atom. The second kappa shape index (κ2) is 5.66. The predicted molar refractivity (Wildman–Crippen MR) is 74.6 cm³/mol. The summed E-state index contributed by atoms with van der Waals surface area (Å²) < 4.78 is 30.6. The van der Waals surface area contributed by atoms with Gasteiger partial charge in [-0.25, -0.2) is 8.42 Å². The van der Waals surface area contributed by atoms with Crippen molar-refractivity contribution in [2.75, 3.05) is 17.6 Å². The van der Waals surface area contributed by atoms with Crippen LogP contribution in [0.15, 0.2) is 12.1 Å². The maximum absolute atomic E-state index is 12.0. The average Bonchev–Trinajstić information content (AvgIpc) is 2.33. The zero-order valence-corrected chi connectivity index (χ0v) is 12.3. The molecule has 0 radical (unpaired) electrons. The number of ether oxygens (including phenoxy) is 1. The van der Waals surface area contributed by atoms with Crippen LogP contribution in [0.2, 0.25) is 5.02 Å². The molecule has 0 amide bonds. The van der Waals surface area contributed by atoms with E-state index < -0.39 is 21.2 Å². The molecule has 0 aliphatic carbocycles. The number of hydrogen-bond acceptors (Lipinski definition) is 5. The van der Waals surface area contributed by atoms with Crippen molar-refractivity contribution in [2.45, 2.75) is 19.1 Å². The Balaban J connectivity index is 3.09. The Kier molecular flexibility index (Phi) is 4.65. The molecule has 106 valence electrons. The molecule has 19 heavy (non-hydrogen) atoms. The number of hydrogen-bond donors (Lipinski definition) is 2. The molecule has 1 aromatic carbocycles. The third-order valence-electron chi connectivity index (χ3n) is 2.59. The fraction of sp³-hybridized carbons (Fsp3) is 0.364. The summed E-state index contributed by atoms with van der Waals surface area (Å²) in [6.45, 7) is 2.91. The molecule has 0 aromatic heterocycles. The van der Waals surface area contributed by atoms with Gasteiger partial charge in [0.25, 0.3) is 0 Å². The van der Waals surface area contributed by atoms with Crippen LogP contribution in [0.25, 0.3) is 0 Å². The van der Waals surface area contributed by atoms with Crippen LogP contribution in [0.1, 0.15) is 12.5 Å². The fourth-order valence-electron chi connectivity index (χ4n) is 1.35. The summed E-state index contributed by atoms with van der Waals surface area (Å²) in [6.07, 6.45) is 0. The molecule has 0 fully saturated rings. The highest BCUT2D eigenvalue weighted by Gasteiger charge is 2.29. The van der Waals surface area contributed by atoms with E-state index in [2.05, 4.69) is 9.46 Å². The Labute approximate surface area is 116 Å². The van der Waals surface area contributed by atoms with Crippen LogP contribution in [0.3, 0.4) is 0 Å². The number of esters is 1.